The Balaban J connectivity index is 5.55. The van der Waals surface area contributed by atoms with Crippen molar-refractivity contribution in [2.24, 2.45) is 15.4 Å². The molecule has 0 heterocycles. The predicted octanol–water partition coefficient (Wildman–Crippen LogP) is 0.916. The van der Waals surface area contributed by atoms with Crippen LogP contribution >= 0.6 is 0 Å². The van der Waals surface area contributed by atoms with Crippen LogP contribution in [0.25, 0.3) is 0 Å². The van der Waals surface area contributed by atoms with E-state index in [0.29, 0.717) is 0 Å². The first-order valence-corrected chi connectivity index (χ1v) is 4.84. The van der Waals surface area contributed by atoms with Gasteiger partial charge in [-0.1, -0.05) is 6.92 Å². The average Bonchev–Trinajstić information content (AvgIpc) is 2.19. The zero-order valence-corrected chi connectivity index (χ0v) is 9.43. The number of rotatable bonds is 6. The van der Waals surface area contributed by atoms with Gasteiger partial charge in [-0.05, 0) is 20.3 Å². The lowest BCUT2D eigenvalue weighted by Gasteiger charge is -2.33. The molecule has 0 aromatic heterocycles. The molecule has 6 heteroatoms. The molecule has 0 rings (SSSR count). The van der Waals surface area contributed by atoms with Crippen molar-refractivity contribution in [1.82, 2.24) is 0 Å². The molecule has 0 aliphatic carbocycles. The van der Waals surface area contributed by atoms with Crippen LogP contribution in [0, 0.1) is 5.41 Å². The van der Waals surface area contributed by atoms with Crippen LogP contribution in [0.2, 0.25) is 0 Å². The van der Waals surface area contributed by atoms with E-state index >= 15 is 0 Å². The summed E-state index contributed by atoms with van der Waals surface area (Å²) in [5.41, 5.74) is -1.38. The monoisotopic (exact) mass is 226 g/mol. The molecule has 2 unspecified atom stereocenters. The van der Waals surface area contributed by atoms with Gasteiger partial charge in [0.25, 0.3) is 0 Å². The Hall–Kier alpha value is -1.77. The fraction of sp³-hybridized carbons (Fsp3) is 0.700. The average molecular weight is 226 g/mol. The van der Waals surface area contributed by atoms with Crippen LogP contribution in [-0.4, -0.2) is 35.3 Å². The minimum atomic E-state index is -1.38. The van der Waals surface area contributed by atoms with Crippen LogP contribution in [0.5, 0.6) is 0 Å². The summed E-state index contributed by atoms with van der Waals surface area (Å²) in [7, 11) is 0. The summed E-state index contributed by atoms with van der Waals surface area (Å²) < 4.78 is 0. The molecular formula is C10H14N2O4. The molecule has 0 radical (unpaired) electrons. The highest BCUT2D eigenvalue weighted by molar-refractivity contribution is 5.77. The van der Waals surface area contributed by atoms with Gasteiger partial charge in [-0.3, -0.25) is 4.79 Å². The third kappa shape index (κ3) is 2.42. The van der Waals surface area contributed by atoms with Crippen molar-refractivity contribution >= 4 is 18.1 Å². The maximum atomic E-state index is 11.3. The lowest BCUT2D eigenvalue weighted by atomic mass is 9.73. The number of hydrogen-bond donors (Lipinski definition) is 1. The molecule has 0 aromatic rings. The molecule has 88 valence electrons. The summed E-state index contributed by atoms with van der Waals surface area (Å²) in [5, 5.41) is 9.24. The van der Waals surface area contributed by atoms with Crippen LogP contribution < -0.4 is 0 Å². The largest absolute Gasteiger partial charge is 0.481 e. The number of aliphatic imine (C=N–C) groups is 2. The number of hydrogen-bond acceptors (Lipinski definition) is 5. The number of carbonyl (C=O) groups is 1. The third-order valence-electron chi connectivity index (χ3n) is 2.97. The van der Waals surface area contributed by atoms with Crippen molar-refractivity contribution in [3.63, 3.8) is 0 Å². The Bertz CT molecular complexity index is 330. The lowest BCUT2D eigenvalue weighted by molar-refractivity contribution is -0.151. The summed E-state index contributed by atoms with van der Waals surface area (Å²) in [6.07, 6.45) is 2.86. The Morgan fingerprint density at radius 1 is 1.25 bits per heavy atom. The Kier molecular flexibility index (Phi) is 5.30. The van der Waals surface area contributed by atoms with E-state index in [1.807, 2.05) is 0 Å². The second-order valence-corrected chi connectivity index (χ2v) is 3.49. The van der Waals surface area contributed by atoms with Gasteiger partial charge in [0.05, 0.1) is 12.1 Å². The molecule has 0 amide bonds. The molecule has 0 saturated heterocycles. The highest BCUT2D eigenvalue weighted by atomic mass is 16.4. The molecule has 1 N–H and O–H groups in total. The first kappa shape index (κ1) is 14.2. The first-order valence-electron chi connectivity index (χ1n) is 4.84. The van der Waals surface area contributed by atoms with Gasteiger partial charge in [-0.25, -0.2) is 19.6 Å². The maximum Gasteiger partial charge on any atom is 0.314 e. The van der Waals surface area contributed by atoms with Crippen LogP contribution in [-0.2, 0) is 14.4 Å². The number of carboxylic acid groups (broad SMARTS) is 1. The molecular weight excluding hydrogens is 212 g/mol. The third-order valence-corrected chi connectivity index (χ3v) is 2.97. The highest BCUT2D eigenvalue weighted by Crippen LogP contribution is 2.34. The Morgan fingerprint density at radius 2 is 1.62 bits per heavy atom. The predicted molar refractivity (Wildman–Crippen MR) is 55.5 cm³/mol. The molecule has 0 fully saturated rings. The molecule has 6 nitrogen and oxygen atoms in total. The minimum Gasteiger partial charge on any atom is -0.481 e. The molecule has 0 saturated carbocycles. The SMILES string of the molecule is CCC(C(=O)O)(C(C)N=C=O)C(C)N=C=O. The van der Waals surface area contributed by atoms with E-state index in [1.165, 1.54) is 26.0 Å². The number of aliphatic carboxylic acids is 1. The van der Waals surface area contributed by atoms with Gasteiger partial charge in [-0.2, -0.15) is 0 Å². The normalized spacial score (nSPS) is 17.2. The first-order chi connectivity index (χ1) is 7.47. The van der Waals surface area contributed by atoms with Crippen LogP contribution in [0.15, 0.2) is 9.98 Å². The zero-order chi connectivity index (χ0) is 12.8. The van der Waals surface area contributed by atoms with Crippen molar-refractivity contribution in [2.45, 2.75) is 39.3 Å². The van der Waals surface area contributed by atoms with Crippen molar-refractivity contribution in [1.29, 1.82) is 0 Å². The number of isocyanates is 2. The van der Waals surface area contributed by atoms with Crippen LogP contribution in [0.1, 0.15) is 27.2 Å². The van der Waals surface area contributed by atoms with Crippen molar-refractivity contribution in [2.75, 3.05) is 0 Å². The number of nitrogens with zero attached hydrogens (tertiary/aromatic N) is 2. The standard InChI is InChI=1S/C10H14N2O4/c1-4-10(9(15)16,7(2)11-5-13)8(3)12-6-14/h7-8H,4H2,1-3H3,(H,15,16). The van der Waals surface area contributed by atoms with Gasteiger partial charge in [0.1, 0.15) is 5.41 Å². The second-order valence-electron chi connectivity index (χ2n) is 3.49. The lowest BCUT2D eigenvalue weighted by Crippen LogP contribution is -2.47. The van der Waals surface area contributed by atoms with E-state index in [9.17, 15) is 19.5 Å². The summed E-state index contributed by atoms with van der Waals surface area (Å²) >= 11 is 0. The second kappa shape index (κ2) is 5.95. The fourth-order valence-electron chi connectivity index (χ4n) is 1.84. The van der Waals surface area contributed by atoms with E-state index in [-0.39, 0.29) is 6.42 Å². The fourth-order valence-corrected chi connectivity index (χ4v) is 1.84. The Morgan fingerprint density at radius 3 is 1.81 bits per heavy atom. The van der Waals surface area contributed by atoms with E-state index in [4.69, 9.17) is 0 Å². The molecule has 0 spiro atoms. The Labute approximate surface area is 93.1 Å². The smallest absolute Gasteiger partial charge is 0.314 e. The van der Waals surface area contributed by atoms with E-state index in [0.717, 1.165) is 0 Å². The van der Waals surface area contributed by atoms with Crippen LogP contribution in [0.3, 0.4) is 0 Å². The number of carbonyl (C=O) groups excluding carboxylic acids is 2. The summed E-state index contributed by atoms with van der Waals surface area (Å²) in [6, 6.07) is -1.61. The van der Waals surface area contributed by atoms with E-state index in [2.05, 4.69) is 9.98 Å². The highest BCUT2D eigenvalue weighted by Gasteiger charge is 2.47. The van der Waals surface area contributed by atoms with Crippen molar-refractivity contribution in [3.05, 3.63) is 0 Å². The van der Waals surface area contributed by atoms with Gasteiger partial charge >= 0.3 is 5.97 Å². The van der Waals surface area contributed by atoms with Crippen molar-refractivity contribution in [3.8, 4) is 0 Å². The molecule has 16 heavy (non-hydrogen) atoms. The summed E-state index contributed by atoms with van der Waals surface area (Å²) in [5.74, 6) is -1.15. The van der Waals surface area contributed by atoms with E-state index < -0.39 is 23.5 Å². The number of carboxylic acids is 1. The van der Waals surface area contributed by atoms with Gasteiger partial charge in [0.15, 0.2) is 0 Å². The maximum absolute atomic E-state index is 11.3. The van der Waals surface area contributed by atoms with Crippen molar-refractivity contribution < 1.29 is 19.5 Å². The van der Waals surface area contributed by atoms with Gasteiger partial charge < -0.3 is 5.11 Å². The van der Waals surface area contributed by atoms with Gasteiger partial charge in [0, 0.05) is 0 Å². The molecule has 2 atom stereocenters. The molecule has 0 aliphatic heterocycles. The van der Waals surface area contributed by atoms with Gasteiger partial charge in [-0.15, -0.1) is 0 Å². The van der Waals surface area contributed by atoms with Crippen LogP contribution in [0.4, 0.5) is 0 Å². The van der Waals surface area contributed by atoms with E-state index in [1.54, 1.807) is 6.92 Å². The minimum absolute atomic E-state index is 0.195. The zero-order valence-electron chi connectivity index (χ0n) is 9.43. The summed E-state index contributed by atoms with van der Waals surface area (Å²) in [6.45, 7) is 4.61. The topological polar surface area (TPSA) is 96.2 Å². The summed E-state index contributed by atoms with van der Waals surface area (Å²) in [4.78, 5) is 38.5. The molecule has 0 bridgehead atoms. The van der Waals surface area contributed by atoms with Gasteiger partial charge in [0.2, 0.25) is 12.2 Å². The quantitative estimate of drug-likeness (QED) is 0.538. The molecule has 0 aromatic carbocycles. The molecule has 0 aliphatic rings.